The van der Waals surface area contributed by atoms with Gasteiger partial charge in [0.1, 0.15) is 11.1 Å². The average Bonchev–Trinajstić information content (AvgIpc) is 3.09. The van der Waals surface area contributed by atoms with Crippen LogP contribution >= 0.6 is 11.3 Å². The molecular weight excluding hydrogens is 272 g/mol. The van der Waals surface area contributed by atoms with Crippen LogP contribution in [0.4, 0.5) is 0 Å². The van der Waals surface area contributed by atoms with E-state index in [1.807, 2.05) is 6.92 Å². The van der Waals surface area contributed by atoms with Crippen molar-refractivity contribution in [2.24, 2.45) is 5.92 Å². The first-order valence-corrected chi connectivity index (χ1v) is 8.56. The minimum atomic E-state index is -0.164. The predicted molar refractivity (Wildman–Crippen MR) is 79.7 cm³/mol. The van der Waals surface area contributed by atoms with Gasteiger partial charge < -0.3 is 9.84 Å². The molecule has 2 aliphatic rings. The molecule has 0 aliphatic carbocycles. The van der Waals surface area contributed by atoms with Crippen molar-refractivity contribution in [3.63, 3.8) is 0 Å². The summed E-state index contributed by atoms with van der Waals surface area (Å²) in [4.78, 5) is 7.19. The summed E-state index contributed by atoms with van der Waals surface area (Å²) in [5.41, 5.74) is 1.18. The van der Waals surface area contributed by atoms with Crippen LogP contribution in [0, 0.1) is 5.92 Å². The molecule has 4 nitrogen and oxygen atoms in total. The van der Waals surface area contributed by atoms with E-state index in [0.717, 1.165) is 56.9 Å². The lowest BCUT2D eigenvalue weighted by Gasteiger charge is -2.32. The van der Waals surface area contributed by atoms with Gasteiger partial charge in [-0.1, -0.05) is 0 Å². The number of aliphatic hydroxyl groups is 1. The van der Waals surface area contributed by atoms with Crippen LogP contribution < -0.4 is 0 Å². The zero-order valence-corrected chi connectivity index (χ0v) is 12.9. The first-order valence-electron chi connectivity index (χ1n) is 7.68. The topological polar surface area (TPSA) is 45.6 Å². The van der Waals surface area contributed by atoms with Crippen molar-refractivity contribution >= 4 is 11.3 Å². The molecule has 0 spiro atoms. The Morgan fingerprint density at radius 1 is 1.45 bits per heavy atom. The first-order chi connectivity index (χ1) is 9.72. The maximum absolute atomic E-state index is 9.63. The molecule has 3 heterocycles. The monoisotopic (exact) mass is 296 g/mol. The molecule has 1 aromatic rings. The van der Waals surface area contributed by atoms with Crippen LogP contribution in [-0.4, -0.2) is 40.8 Å². The van der Waals surface area contributed by atoms with Gasteiger partial charge in [0.05, 0.1) is 11.8 Å². The third kappa shape index (κ3) is 3.39. The van der Waals surface area contributed by atoms with E-state index < -0.39 is 0 Å². The van der Waals surface area contributed by atoms with Gasteiger partial charge in [0.25, 0.3) is 0 Å². The van der Waals surface area contributed by atoms with Crippen molar-refractivity contribution < 1.29 is 9.84 Å². The Labute approximate surface area is 124 Å². The molecule has 0 bridgehead atoms. The van der Waals surface area contributed by atoms with Gasteiger partial charge in [-0.25, -0.2) is 4.98 Å². The normalized spacial score (nSPS) is 27.0. The zero-order valence-electron chi connectivity index (χ0n) is 12.1. The number of aliphatic hydroxyl groups excluding tert-OH is 1. The van der Waals surface area contributed by atoms with Crippen molar-refractivity contribution in [3.8, 4) is 0 Å². The number of likely N-dealkylation sites (tertiary alicyclic amines) is 1. The predicted octanol–water partition coefficient (Wildman–Crippen LogP) is 2.59. The van der Waals surface area contributed by atoms with Crippen LogP contribution in [0.25, 0.3) is 0 Å². The maximum atomic E-state index is 9.63. The highest BCUT2D eigenvalue weighted by molar-refractivity contribution is 7.09. The molecule has 2 saturated heterocycles. The van der Waals surface area contributed by atoms with E-state index in [-0.39, 0.29) is 12.2 Å². The number of hydrogen-bond donors (Lipinski definition) is 1. The molecule has 2 atom stereocenters. The molecule has 1 aromatic heterocycles. The van der Waals surface area contributed by atoms with Gasteiger partial charge >= 0.3 is 0 Å². The van der Waals surface area contributed by atoms with Crippen molar-refractivity contribution in [1.82, 2.24) is 9.88 Å². The highest BCUT2D eigenvalue weighted by Crippen LogP contribution is 2.31. The summed E-state index contributed by atoms with van der Waals surface area (Å²) in [6, 6.07) is 0. The minimum Gasteiger partial charge on any atom is -0.393 e. The van der Waals surface area contributed by atoms with E-state index >= 15 is 0 Å². The molecule has 2 fully saturated rings. The highest BCUT2D eigenvalue weighted by atomic mass is 32.1. The van der Waals surface area contributed by atoms with E-state index in [0.29, 0.717) is 5.92 Å². The molecule has 2 aliphatic heterocycles. The first kappa shape index (κ1) is 14.4. The van der Waals surface area contributed by atoms with Crippen LogP contribution in [0.1, 0.15) is 49.4 Å². The second-order valence-corrected chi connectivity index (χ2v) is 6.92. The average molecular weight is 296 g/mol. The molecule has 0 aromatic carbocycles. The fourth-order valence-corrected chi connectivity index (χ4v) is 4.03. The van der Waals surface area contributed by atoms with Crippen molar-refractivity contribution in [2.75, 3.05) is 19.7 Å². The van der Waals surface area contributed by atoms with E-state index in [2.05, 4.69) is 10.3 Å². The summed E-state index contributed by atoms with van der Waals surface area (Å²) in [5, 5.41) is 13.0. The fraction of sp³-hybridized carbons (Fsp3) is 0.800. The Kier molecular flexibility index (Phi) is 4.71. The summed E-state index contributed by atoms with van der Waals surface area (Å²) >= 11 is 1.74. The fourth-order valence-electron chi connectivity index (χ4n) is 3.14. The lowest BCUT2D eigenvalue weighted by molar-refractivity contribution is 0.0690. The molecule has 112 valence electrons. The summed E-state index contributed by atoms with van der Waals surface area (Å²) in [6.07, 6.45) is 4.55. The van der Waals surface area contributed by atoms with Gasteiger partial charge in [0.2, 0.25) is 0 Å². The molecule has 0 radical (unpaired) electrons. The van der Waals surface area contributed by atoms with Crippen molar-refractivity contribution in [3.05, 3.63) is 16.1 Å². The summed E-state index contributed by atoms with van der Waals surface area (Å²) in [7, 11) is 0. The Morgan fingerprint density at radius 2 is 2.25 bits per heavy atom. The van der Waals surface area contributed by atoms with Crippen LogP contribution in [0.2, 0.25) is 0 Å². The largest absolute Gasteiger partial charge is 0.393 e. The smallest absolute Gasteiger partial charge is 0.122 e. The Balaban J connectivity index is 1.51. The van der Waals surface area contributed by atoms with Crippen molar-refractivity contribution in [1.29, 1.82) is 0 Å². The SMILES string of the molecule is CC(O)C1CCN(Cc2csc(C3CCCO3)n2)CC1. The number of rotatable bonds is 4. The van der Waals surface area contributed by atoms with E-state index in [4.69, 9.17) is 9.72 Å². The van der Waals surface area contributed by atoms with Crippen molar-refractivity contribution in [2.45, 2.75) is 51.4 Å². The second-order valence-electron chi connectivity index (χ2n) is 6.03. The maximum Gasteiger partial charge on any atom is 0.122 e. The number of thiazole rings is 1. The zero-order chi connectivity index (χ0) is 13.9. The quantitative estimate of drug-likeness (QED) is 0.927. The van der Waals surface area contributed by atoms with E-state index in [1.54, 1.807) is 11.3 Å². The standard InChI is InChI=1S/C15H24N2O2S/c1-11(18)12-4-6-17(7-5-12)9-13-10-20-15(16-13)14-3-2-8-19-14/h10-12,14,18H,2-9H2,1H3. The van der Waals surface area contributed by atoms with Gasteiger partial charge in [0, 0.05) is 18.5 Å². The lowest BCUT2D eigenvalue weighted by Crippen LogP contribution is -2.36. The van der Waals surface area contributed by atoms with Gasteiger partial charge in [-0.2, -0.15) is 0 Å². The highest BCUT2D eigenvalue weighted by Gasteiger charge is 2.24. The van der Waals surface area contributed by atoms with Crippen LogP contribution in [0.15, 0.2) is 5.38 Å². The number of aromatic nitrogens is 1. The molecule has 20 heavy (non-hydrogen) atoms. The van der Waals surface area contributed by atoms with E-state index in [9.17, 15) is 5.11 Å². The molecular formula is C15H24N2O2S. The van der Waals surface area contributed by atoms with Gasteiger partial charge in [0.15, 0.2) is 0 Å². The summed E-state index contributed by atoms with van der Waals surface area (Å²) in [6.45, 7) is 5.88. The number of piperidine rings is 1. The Bertz CT molecular complexity index is 421. The second kappa shape index (κ2) is 6.52. The van der Waals surface area contributed by atoms with Gasteiger partial charge in [-0.05, 0) is 51.6 Å². The van der Waals surface area contributed by atoms with Crippen LogP contribution in [0.3, 0.4) is 0 Å². The summed E-state index contributed by atoms with van der Waals surface area (Å²) in [5.74, 6) is 0.476. The third-order valence-electron chi connectivity index (χ3n) is 4.47. The Hall–Kier alpha value is -0.490. The lowest BCUT2D eigenvalue weighted by atomic mass is 9.92. The number of nitrogens with zero attached hydrogens (tertiary/aromatic N) is 2. The molecule has 2 unspecified atom stereocenters. The number of hydrogen-bond acceptors (Lipinski definition) is 5. The molecule has 3 rings (SSSR count). The van der Waals surface area contributed by atoms with Gasteiger partial charge in [-0.3, -0.25) is 4.90 Å². The molecule has 5 heteroatoms. The molecule has 1 N–H and O–H groups in total. The molecule has 0 amide bonds. The third-order valence-corrected chi connectivity index (χ3v) is 5.46. The van der Waals surface area contributed by atoms with Crippen LogP contribution in [0.5, 0.6) is 0 Å². The van der Waals surface area contributed by atoms with Gasteiger partial charge in [-0.15, -0.1) is 11.3 Å². The minimum absolute atomic E-state index is 0.164. The van der Waals surface area contributed by atoms with Crippen LogP contribution in [-0.2, 0) is 11.3 Å². The van der Waals surface area contributed by atoms with E-state index in [1.165, 1.54) is 5.69 Å². The molecule has 0 saturated carbocycles. The summed E-state index contributed by atoms with van der Waals surface area (Å²) < 4.78 is 5.69. The Morgan fingerprint density at radius 3 is 2.90 bits per heavy atom. The number of ether oxygens (including phenoxy) is 1.